The summed E-state index contributed by atoms with van der Waals surface area (Å²) in [6.45, 7) is 5.71. The summed E-state index contributed by atoms with van der Waals surface area (Å²) >= 11 is 0. The lowest BCUT2D eigenvalue weighted by molar-refractivity contribution is -0.241. The van der Waals surface area contributed by atoms with E-state index in [9.17, 15) is 14.4 Å². The van der Waals surface area contributed by atoms with Crippen molar-refractivity contribution in [2.45, 2.75) is 52.6 Å². The third-order valence-corrected chi connectivity index (χ3v) is 2.99. The Labute approximate surface area is 117 Å². The summed E-state index contributed by atoms with van der Waals surface area (Å²) in [7, 11) is 0. The first-order valence-electron chi connectivity index (χ1n) is 6.42. The molecule has 7 nitrogen and oxygen atoms in total. The summed E-state index contributed by atoms with van der Waals surface area (Å²) < 4.78 is 20.7. The molecule has 0 aromatic rings. The normalized spacial score (nSPS) is 29.4. The Bertz CT molecular complexity index is 379. The summed E-state index contributed by atoms with van der Waals surface area (Å²) in [6, 6.07) is 0. The van der Waals surface area contributed by atoms with Gasteiger partial charge in [0.15, 0.2) is 0 Å². The Morgan fingerprint density at radius 3 is 2.15 bits per heavy atom. The van der Waals surface area contributed by atoms with E-state index in [2.05, 4.69) is 0 Å². The lowest BCUT2D eigenvalue weighted by Crippen LogP contribution is -2.48. The van der Waals surface area contributed by atoms with Crippen molar-refractivity contribution in [1.29, 1.82) is 0 Å². The maximum absolute atomic E-state index is 11.1. The molecule has 0 N–H and O–H groups in total. The zero-order valence-corrected chi connectivity index (χ0v) is 12.1. The number of hydrogen-bond acceptors (Lipinski definition) is 7. The molecule has 0 spiro atoms. The fourth-order valence-corrected chi connectivity index (χ4v) is 2.04. The molecule has 0 aliphatic carbocycles. The third kappa shape index (κ3) is 5.16. The van der Waals surface area contributed by atoms with Crippen molar-refractivity contribution in [3.63, 3.8) is 0 Å². The molecular formula is C13H20O7. The van der Waals surface area contributed by atoms with Crippen LogP contribution in [0.5, 0.6) is 0 Å². The van der Waals surface area contributed by atoms with Crippen LogP contribution in [0.1, 0.15) is 34.1 Å². The highest BCUT2D eigenvalue weighted by atomic mass is 16.7. The zero-order valence-electron chi connectivity index (χ0n) is 12.1. The van der Waals surface area contributed by atoms with Crippen LogP contribution in [0.3, 0.4) is 0 Å². The molecule has 4 atom stereocenters. The van der Waals surface area contributed by atoms with Gasteiger partial charge < -0.3 is 18.9 Å². The highest BCUT2D eigenvalue weighted by Gasteiger charge is 2.39. The van der Waals surface area contributed by atoms with Gasteiger partial charge in [0.2, 0.25) is 6.29 Å². The third-order valence-electron chi connectivity index (χ3n) is 2.99. The molecule has 114 valence electrons. The summed E-state index contributed by atoms with van der Waals surface area (Å²) in [6.07, 6.45) is -1.50. The summed E-state index contributed by atoms with van der Waals surface area (Å²) in [5, 5.41) is 0. The molecule has 1 aliphatic heterocycles. The van der Waals surface area contributed by atoms with Crippen LogP contribution in [0.4, 0.5) is 0 Å². The quantitative estimate of drug-likeness (QED) is 0.558. The van der Waals surface area contributed by atoms with E-state index >= 15 is 0 Å². The molecule has 1 rings (SSSR count). The van der Waals surface area contributed by atoms with E-state index in [1.807, 2.05) is 6.92 Å². The van der Waals surface area contributed by atoms with Gasteiger partial charge in [0.05, 0.1) is 0 Å². The molecule has 0 saturated carbocycles. The highest BCUT2D eigenvalue weighted by molar-refractivity contribution is 5.67. The number of carbonyl (C=O) groups excluding carboxylic acids is 3. The van der Waals surface area contributed by atoms with E-state index in [1.165, 1.54) is 20.8 Å². The standard InChI is InChI=1S/C13H20O7/c1-7-11(18-9(3)15)5-13(19-10(4)16)20-12(7)6-17-8(2)14/h7,11-13H,5-6H2,1-4H3/t7-,11+,12+,13?/m0/s1. The second-order valence-corrected chi connectivity index (χ2v) is 4.76. The smallest absolute Gasteiger partial charge is 0.304 e. The Morgan fingerprint density at radius 1 is 1.05 bits per heavy atom. The van der Waals surface area contributed by atoms with E-state index in [1.54, 1.807) is 0 Å². The lowest BCUT2D eigenvalue weighted by Gasteiger charge is -2.38. The van der Waals surface area contributed by atoms with Crippen molar-refractivity contribution < 1.29 is 33.3 Å². The van der Waals surface area contributed by atoms with Gasteiger partial charge in [0.1, 0.15) is 18.8 Å². The second-order valence-electron chi connectivity index (χ2n) is 4.76. The van der Waals surface area contributed by atoms with Crippen LogP contribution >= 0.6 is 0 Å². The number of ether oxygens (including phenoxy) is 4. The average molecular weight is 288 g/mol. The van der Waals surface area contributed by atoms with Crippen LogP contribution in [-0.2, 0) is 33.3 Å². The molecule has 0 amide bonds. The molecule has 1 aliphatic rings. The van der Waals surface area contributed by atoms with E-state index in [-0.39, 0.29) is 18.9 Å². The first-order chi connectivity index (χ1) is 9.29. The van der Waals surface area contributed by atoms with Gasteiger partial charge in [-0.15, -0.1) is 0 Å². The minimum atomic E-state index is -0.811. The van der Waals surface area contributed by atoms with Gasteiger partial charge in [0, 0.05) is 33.1 Å². The molecule has 1 fully saturated rings. The molecule has 1 heterocycles. The van der Waals surface area contributed by atoms with Gasteiger partial charge in [-0.1, -0.05) is 6.92 Å². The van der Waals surface area contributed by atoms with Crippen LogP contribution in [0.15, 0.2) is 0 Å². The fraction of sp³-hybridized carbons (Fsp3) is 0.769. The number of esters is 3. The van der Waals surface area contributed by atoms with Crippen molar-refractivity contribution in [3.05, 3.63) is 0 Å². The van der Waals surface area contributed by atoms with Gasteiger partial charge in [-0.25, -0.2) is 0 Å². The molecule has 0 aromatic heterocycles. The first-order valence-corrected chi connectivity index (χ1v) is 6.42. The number of rotatable bonds is 4. The number of hydrogen-bond donors (Lipinski definition) is 0. The van der Waals surface area contributed by atoms with Crippen molar-refractivity contribution in [3.8, 4) is 0 Å². The molecule has 0 radical (unpaired) electrons. The summed E-state index contributed by atoms with van der Waals surface area (Å²) in [5.41, 5.74) is 0. The largest absolute Gasteiger partial charge is 0.463 e. The van der Waals surface area contributed by atoms with Gasteiger partial charge in [-0.2, -0.15) is 0 Å². The zero-order chi connectivity index (χ0) is 15.3. The lowest BCUT2D eigenvalue weighted by atomic mass is 9.92. The van der Waals surface area contributed by atoms with Crippen molar-refractivity contribution in [1.82, 2.24) is 0 Å². The van der Waals surface area contributed by atoms with Gasteiger partial charge in [-0.3, -0.25) is 14.4 Å². The van der Waals surface area contributed by atoms with Crippen molar-refractivity contribution in [2.75, 3.05) is 6.61 Å². The summed E-state index contributed by atoms with van der Waals surface area (Å²) in [5.74, 6) is -1.52. The molecule has 0 bridgehead atoms. The van der Waals surface area contributed by atoms with Crippen molar-refractivity contribution in [2.24, 2.45) is 5.92 Å². The van der Waals surface area contributed by atoms with Crippen LogP contribution in [0, 0.1) is 5.92 Å². The average Bonchev–Trinajstić information content (AvgIpc) is 2.29. The number of carbonyl (C=O) groups is 3. The van der Waals surface area contributed by atoms with Gasteiger partial charge >= 0.3 is 17.9 Å². The van der Waals surface area contributed by atoms with Gasteiger partial charge in [0.25, 0.3) is 0 Å². The van der Waals surface area contributed by atoms with Crippen LogP contribution < -0.4 is 0 Å². The molecule has 1 saturated heterocycles. The summed E-state index contributed by atoms with van der Waals surface area (Å²) in [4.78, 5) is 33.0. The SMILES string of the molecule is CC(=O)OC[C@H]1OC(OC(C)=O)C[C@@H](OC(C)=O)[C@@H]1C. The fourth-order valence-electron chi connectivity index (χ4n) is 2.04. The Hall–Kier alpha value is -1.63. The maximum atomic E-state index is 11.1. The molecule has 0 aromatic carbocycles. The predicted octanol–water partition coefficient (Wildman–Crippen LogP) is 0.795. The van der Waals surface area contributed by atoms with E-state index < -0.39 is 36.4 Å². The Morgan fingerprint density at radius 2 is 1.65 bits per heavy atom. The Balaban J connectivity index is 2.72. The van der Waals surface area contributed by atoms with Crippen LogP contribution in [0.25, 0.3) is 0 Å². The molecule has 1 unspecified atom stereocenters. The monoisotopic (exact) mass is 288 g/mol. The Kier molecular flexibility index (Phi) is 5.94. The minimum Gasteiger partial charge on any atom is -0.463 e. The van der Waals surface area contributed by atoms with Crippen LogP contribution in [0.2, 0.25) is 0 Å². The highest BCUT2D eigenvalue weighted by Crippen LogP contribution is 2.29. The molecular weight excluding hydrogens is 268 g/mol. The minimum absolute atomic E-state index is 0.0199. The predicted molar refractivity (Wildman–Crippen MR) is 66.4 cm³/mol. The molecule has 7 heteroatoms. The van der Waals surface area contributed by atoms with E-state index in [0.717, 1.165) is 0 Å². The van der Waals surface area contributed by atoms with Gasteiger partial charge in [-0.05, 0) is 0 Å². The second kappa shape index (κ2) is 7.23. The maximum Gasteiger partial charge on any atom is 0.304 e. The van der Waals surface area contributed by atoms with Crippen LogP contribution in [-0.4, -0.2) is 43.0 Å². The first kappa shape index (κ1) is 16.4. The van der Waals surface area contributed by atoms with E-state index in [4.69, 9.17) is 18.9 Å². The topological polar surface area (TPSA) is 88.1 Å². The molecule has 20 heavy (non-hydrogen) atoms. The van der Waals surface area contributed by atoms with E-state index in [0.29, 0.717) is 0 Å². The van der Waals surface area contributed by atoms with Crippen molar-refractivity contribution >= 4 is 17.9 Å².